The minimum atomic E-state index is 0. The van der Waals surface area contributed by atoms with E-state index in [1.807, 2.05) is 54.6 Å². The Morgan fingerprint density at radius 2 is 1.53 bits per heavy atom. The molecule has 0 saturated carbocycles. The van der Waals surface area contributed by atoms with E-state index in [0.29, 0.717) is 5.71 Å². The third-order valence-electron chi connectivity index (χ3n) is 2.43. The van der Waals surface area contributed by atoms with E-state index in [-0.39, 0.29) is 37.7 Å². The fraction of sp³-hybridized carbons (Fsp3) is 0.0667. The molecule has 0 aliphatic heterocycles. The molecule has 0 amide bonds. The molecule has 2 nitrogen and oxygen atoms in total. The summed E-state index contributed by atoms with van der Waals surface area (Å²) in [6, 6.07) is 17.7. The van der Waals surface area contributed by atoms with E-state index in [4.69, 9.17) is 0 Å². The van der Waals surface area contributed by atoms with Crippen LogP contribution in [0, 0.1) is 13.8 Å². The summed E-state index contributed by atoms with van der Waals surface area (Å²) in [4.78, 5) is 0. The monoisotopic (exact) mass is 236 g/mol. The van der Waals surface area contributed by atoms with Gasteiger partial charge in [0.1, 0.15) is 0 Å². The zero-order valence-electron chi connectivity index (χ0n) is 11.8. The van der Waals surface area contributed by atoms with E-state index in [0.717, 1.165) is 11.3 Å². The Morgan fingerprint density at radius 1 is 0.947 bits per heavy atom. The van der Waals surface area contributed by atoms with Crippen LogP contribution in [0.2, 0.25) is 0 Å². The second kappa shape index (κ2) is 8.97. The van der Waals surface area contributed by atoms with Crippen molar-refractivity contribution in [1.29, 1.82) is 0 Å². The van der Waals surface area contributed by atoms with Crippen LogP contribution >= 0.6 is 0 Å². The third-order valence-corrected chi connectivity index (χ3v) is 2.43. The van der Waals surface area contributed by atoms with E-state index >= 15 is 0 Å². The van der Waals surface area contributed by atoms with E-state index in [9.17, 15) is 0 Å². The molecular weight excluding hydrogens is 222 g/mol. The maximum absolute atomic E-state index is 4.13. The Labute approximate surface area is 139 Å². The molecule has 2 aromatic carbocycles. The average Bonchev–Trinajstić information content (AvgIpc) is 2.38. The van der Waals surface area contributed by atoms with Crippen LogP contribution in [-0.4, -0.2) is 5.71 Å². The number of hydrogen-bond acceptors (Lipinski definition) is 1. The van der Waals surface area contributed by atoms with Gasteiger partial charge in [-0.05, 0) is 6.92 Å². The van der Waals surface area contributed by atoms with Gasteiger partial charge in [0.2, 0.25) is 0 Å². The number of rotatable bonds is 3. The minimum Gasteiger partial charge on any atom is -0.578 e. The molecule has 19 heavy (non-hydrogen) atoms. The van der Waals surface area contributed by atoms with Gasteiger partial charge < -0.3 is 10.5 Å². The SMILES string of the molecule is [CH2-]/C(=N\[N-]c1ccccc1)c1ccc(C)cc1.[Li+].[Li+]. The van der Waals surface area contributed by atoms with Gasteiger partial charge in [-0.15, -0.1) is 23.5 Å². The summed E-state index contributed by atoms with van der Waals surface area (Å²) in [5.74, 6) is 0. The third kappa shape index (κ3) is 5.64. The molecule has 2 rings (SSSR count). The quantitative estimate of drug-likeness (QED) is 0.261. The molecular formula is C15H14Li2N2. The van der Waals surface area contributed by atoms with Crippen LogP contribution in [0.3, 0.4) is 0 Å². The summed E-state index contributed by atoms with van der Waals surface area (Å²) in [6.45, 7) is 5.96. The summed E-state index contributed by atoms with van der Waals surface area (Å²) >= 11 is 0. The molecule has 0 spiro atoms. The van der Waals surface area contributed by atoms with Gasteiger partial charge in [0.25, 0.3) is 0 Å². The van der Waals surface area contributed by atoms with Crippen LogP contribution < -0.4 is 37.7 Å². The van der Waals surface area contributed by atoms with Crippen molar-refractivity contribution in [3.63, 3.8) is 0 Å². The van der Waals surface area contributed by atoms with Crippen LogP contribution in [-0.2, 0) is 0 Å². The van der Waals surface area contributed by atoms with Gasteiger partial charge in [-0.1, -0.05) is 48.0 Å². The van der Waals surface area contributed by atoms with Crippen LogP contribution in [0.4, 0.5) is 5.69 Å². The minimum absolute atomic E-state index is 0. The maximum atomic E-state index is 4.13. The molecule has 0 aliphatic carbocycles. The van der Waals surface area contributed by atoms with Crippen molar-refractivity contribution in [1.82, 2.24) is 0 Å². The smallest absolute Gasteiger partial charge is 0.578 e. The first-order chi connectivity index (χ1) is 8.25. The Kier molecular flexibility index (Phi) is 8.49. The van der Waals surface area contributed by atoms with Crippen molar-refractivity contribution in [3.05, 3.63) is 78.1 Å². The molecule has 0 N–H and O–H groups in total. The van der Waals surface area contributed by atoms with Crippen molar-refractivity contribution in [3.8, 4) is 0 Å². The Balaban J connectivity index is 0.00000162. The number of benzene rings is 2. The van der Waals surface area contributed by atoms with E-state index < -0.39 is 0 Å². The second-order valence-electron chi connectivity index (χ2n) is 3.85. The van der Waals surface area contributed by atoms with Gasteiger partial charge in [0.05, 0.1) is 0 Å². The summed E-state index contributed by atoms with van der Waals surface area (Å²) in [7, 11) is 0. The van der Waals surface area contributed by atoms with Crippen LogP contribution in [0.15, 0.2) is 59.7 Å². The molecule has 0 unspecified atom stereocenters. The summed E-state index contributed by atoms with van der Waals surface area (Å²) in [5, 5.41) is 4.12. The van der Waals surface area contributed by atoms with E-state index in [1.165, 1.54) is 5.56 Å². The van der Waals surface area contributed by atoms with Crippen molar-refractivity contribution >= 4 is 11.4 Å². The molecule has 0 bridgehead atoms. The fourth-order valence-corrected chi connectivity index (χ4v) is 1.42. The number of aryl methyl sites for hydroxylation is 1. The van der Waals surface area contributed by atoms with Crippen LogP contribution in [0.5, 0.6) is 0 Å². The van der Waals surface area contributed by atoms with Gasteiger partial charge in [0, 0.05) is 0 Å². The molecule has 0 aromatic heterocycles. The van der Waals surface area contributed by atoms with Crippen molar-refractivity contribution in [2.75, 3.05) is 0 Å². The first kappa shape index (κ1) is 18.0. The fourth-order valence-electron chi connectivity index (χ4n) is 1.42. The average molecular weight is 236 g/mol. The molecule has 0 heterocycles. The summed E-state index contributed by atoms with van der Waals surface area (Å²) in [5.41, 5.74) is 7.86. The van der Waals surface area contributed by atoms with Gasteiger partial charge >= 0.3 is 37.7 Å². The molecule has 86 valence electrons. The van der Waals surface area contributed by atoms with Gasteiger partial charge in [-0.2, -0.15) is 5.56 Å². The van der Waals surface area contributed by atoms with E-state index in [1.54, 1.807) is 0 Å². The summed E-state index contributed by atoms with van der Waals surface area (Å²) in [6.07, 6.45) is 0. The first-order valence-electron chi connectivity index (χ1n) is 5.48. The second-order valence-corrected chi connectivity index (χ2v) is 3.85. The zero-order valence-corrected chi connectivity index (χ0v) is 11.8. The van der Waals surface area contributed by atoms with Crippen molar-refractivity contribution in [2.24, 2.45) is 5.10 Å². The predicted molar refractivity (Wildman–Crippen MR) is 72.5 cm³/mol. The Bertz CT molecular complexity index is 507. The normalized spacial score (nSPS) is 10.1. The molecule has 4 heteroatoms. The first-order valence-corrected chi connectivity index (χ1v) is 5.48. The topological polar surface area (TPSA) is 26.5 Å². The van der Waals surface area contributed by atoms with E-state index in [2.05, 4.69) is 24.4 Å². The Hall–Kier alpha value is -1.03. The van der Waals surface area contributed by atoms with Crippen LogP contribution in [0.1, 0.15) is 11.1 Å². The molecule has 0 saturated heterocycles. The molecule has 0 fully saturated rings. The molecule has 2 aromatic rings. The number of hydrogen-bond donors (Lipinski definition) is 0. The zero-order chi connectivity index (χ0) is 12.1. The molecule has 0 aliphatic rings. The maximum Gasteiger partial charge on any atom is 1.00 e. The van der Waals surface area contributed by atoms with Gasteiger partial charge in [-0.3, -0.25) is 0 Å². The standard InChI is InChI=1S/C15H14N2.2Li/c1-12-8-10-14(11-9-12)13(2)16-17-15-6-4-3-5-7-15;;/h3-11H,2H2,1H3;;/q-2;2*+1/b16-13+;;. The molecule has 0 radical (unpaired) electrons. The van der Waals surface area contributed by atoms with Crippen molar-refractivity contribution < 1.29 is 37.7 Å². The van der Waals surface area contributed by atoms with Crippen LogP contribution in [0.25, 0.3) is 5.43 Å². The largest absolute Gasteiger partial charge is 1.00 e. The predicted octanol–water partition coefficient (Wildman–Crippen LogP) is -1.75. The van der Waals surface area contributed by atoms with Crippen molar-refractivity contribution in [2.45, 2.75) is 6.92 Å². The number of nitrogens with zero attached hydrogens (tertiary/aromatic N) is 2. The Morgan fingerprint density at radius 3 is 2.11 bits per heavy atom. The van der Waals surface area contributed by atoms with Gasteiger partial charge in [-0.25, -0.2) is 6.92 Å². The summed E-state index contributed by atoms with van der Waals surface area (Å²) < 4.78 is 0. The molecule has 0 atom stereocenters. The van der Waals surface area contributed by atoms with Gasteiger partial charge in [0.15, 0.2) is 0 Å².